The third-order valence-electron chi connectivity index (χ3n) is 6.39. The highest BCUT2D eigenvalue weighted by Crippen LogP contribution is 2.41. The van der Waals surface area contributed by atoms with E-state index in [9.17, 15) is 27.3 Å². The van der Waals surface area contributed by atoms with E-state index in [0.717, 1.165) is 0 Å². The second-order valence-corrected chi connectivity index (χ2v) is 15.4. The third kappa shape index (κ3) is 6.31. The van der Waals surface area contributed by atoms with Crippen LogP contribution in [0.25, 0.3) is 16.7 Å². The molecule has 0 amide bonds. The zero-order valence-electron chi connectivity index (χ0n) is 20.3. The number of halogens is 2. The molecule has 0 radical (unpaired) electrons. The van der Waals surface area contributed by atoms with E-state index in [-0.39, 0.29) is 22.2 Å². The van der Waals surface area contributed by atoms with Gasteiger partial charge in [0.15, 0.2) is 11.6 Å². The standard InChI is InChI=1S/C23H24Cl2N5O6PS2/c24-17-12-18(25)14-20(13-17)39(35,36)30(15-37(31,32)33)19-1-2-21-16(11-19)5-6-29(21)23-4-3-22(26-27-23)28-7-9-38(34)10-8-28/h1-6,11-13,20H,7-10,14-15H2,(H2,31,32,33). The third-order valence-corrected chi connectivity index (χ3v) is 11.0. The molecule has 2 aromatic heterocycles. The predicted octanol–water partition coefficient (Wildman–Crippen LogP) is 3.28. The Balaban J connectivity index is 1.46. The summed E-state index contributed by atoms with van der Waals surface area (Å²) in [6.07, 6.45) is 3.37. The van der Waals surface area contributed by atoms with Gasteiger partial charge in [-0.15, -0.1) is 10.2 Å². The second-order valence-electron chi connectivity index (χ2n) is 9.10. The van der Waals surface area contributed by atoms with E-state index in [1.54, 1.807) is 29.0 Å². The van der Waals surface area contributed by atoms with E-state index >= 15 is 0 Å². The van der Waals surface area contributed by atoms with E-state index < -0.39 is 40.3 Å². The van der Waals surface area contributed by atoms with Crippen molar-refractivity contribution in [3.05, 3.63) is 64.8 Å². The number of benzene rings is 1. The van der Waals surface area contributed by atoms with Crippen LogP contribution in [0.2, 0.25) is 0 Å². The molecule has 1 saturated heterocycles. The van der Waals surface area contributed by atoms with Gasteiger partial charge in [-0.2, -0.15) is 0 Å². The zero-order chi connectivity index (χ0) is 27.9. The molecule has 2 N–H and O–H groups in total. The van der Waals surface area contributed by atoms with Crippen LogP contribution in [0.1, 0.15) is 6.42 Å². The van der Waals surface area contributed by atoms with Crippen LogP contribution in [0, 0.1) is 0 Å². The van der Waals surface area contributed by atoms with Gasteiger partial charge in [-0.05, 0) is 48.6 Å². The van der Waals surface area contributed by atoms with Crippen molar-refractivity contribution < 1.29 is 27.3 Å². The van der Waals surface area contributed by atoms with Crippen molar-refractivity contribution in [1.82, 2.24) is 14.8 Å². The highest BCUT2D eigenvalue weighted by atomic mass is 35.5. The van der Waals surface area contributed by atoms with Gasteiger partial charge < -0.3 is 19.2 Å². The maximum atomic E-state index is 13.5. The summed E-state index contributed by atoms with van der Waals surface area (Å²) in [5.41, 5.74) is 0.775. The van der Waals surface area contributed by atoms with E-state index in [1.807, 2.05) is 17.0 Å². The molecule has 1 fully saturated rings. The van der Waals surface area contributed by atoms with Crippen molar-refractivity contribution in [2.45, 2.75) is 11.7 Å². The Kier molecular flexibility index (Phi) is 8.06. The molecule has 3 heterocycles. The van der Waals surface area contributed by atoms with Gasteiger partial charge in [-0.25, -0.2) is 8.42 Å². The lowest BCUT2D eigenvalue weighted by Crippen LogP contribution is -2.40. The Hall–Kier alpha value is -2.09. The lowest BCUT2D eigenvalue weighted by Gasteiger charge is -2.29. The summed E-state index contributed by atoms with van der Waals surface area (Å²) in [7, 11) is -9.09. The molecule has 5 rings (SSSR count). The minimum Gasteiger partial charge on any atom is -0.616 e. The molecular weight excluding hydrogens is 608 g/mol. The topological polar surface area (TPSA) is 152 Å². The van der Waals surface area contributed by atoms with E-state index in [0.29, 0.717) is 51.4 Å². The molecule has 16 heteroatoms. The number of nitrogens with zero attached hydrogens (tertiary/aromatic N) is 5. The zero-order valence-corrected chi connectivity index (χ0v) is 24.3. The van der Waals surface area contributed by atoms with Crippen LogP contribution in [0.3, 0.4) is 0 Å². The Bertz CT molecular complexity index is 1600. The van der Waals surface area contributed by atoms with Crippen LogP contribution in [0.15, 0.2) is 64.8 Å². The van der Waals surface area contributed by atoms with E-state index in [1.165, 1.54) is 18.2 Å². The molecule has 39 heavy (non-hydrogen) atoms. The minimum absolute atomic E-state index is 0.0691. The number of anilines is 2. The average Bonchev–Trinajstić information content (AvgIpc) is 3.30. The van der Waals surface area contributed by atoms with Crippen LogP contribution in [0.5, 0.6) is 0 Å². The molecule has 0 bridgehead atoms. The van der Waals surface area contributed by atoms with Crippen molar-refractivity contribution in [2.24, 2.45) is 0 Å². The van der Waals surface area contributed by atoms with Gasteiger partial charge in [-0.3, -0.25) is 13.4 Å². The molecule has 1 aromatic carbocycles. The molecule has 2 aliphatic rings. The fourth-order valence-corrected chi connectivity index (χ4v) is 9.36. The predicted molar refractivity (Wildman–Crippen MR) is 154 cm³/mol. The number of sulfonamides is 1. The summed E-state index contributed by atoms with van der Waals surface area (Å²) in [5.74, 6) is 2.41. The van der Waals surface area contributed by atoms with Crippen LogP contribution in [-0.4, -0.2) is 73.7 Å². The van der Waals surface area contributed by atoms with Crippen molar-refractivity contribution in [3.63, 3.8) is 0 Å². The molecule has 3 aromatic rings. The maximum Gasteiger partial charge on any atom is 0.345 e. The van der Waals surface area contributed by atoms with Crippen LogP contribution in [0.4, 0.5) is 11.5 Å². The first kappa shape index (κ1) is 28.4. The summed E-state index contributed by atoms with van der Waals surface area (Å²) in [5, 5.41) is 8.44. The van der Waals surface area contributed by atoms with Gasteiger partial charge in [0.2, 0.25) is 10.0 Å². The van der Waals surface area contributed by atoms with Crippen molar-refractivity contribution in [3.8, 4) is 5.82 Å². The summed E-state index contributed by atoms with van der Waals surface area (Å²) < 4.78 is 53.2. The maximum absolute atomic E-state index is 13.5. The number of rotatable bonds is 7. The fourth-order valence-electron chi connectivity index (χ4n) is 4.48. The van der Waals surface area contributed by atoms with Gasteiger partial charge >= 0.3 is 7.60 Å². The largest absolute Gasteiger partial charge is 0.616 e. The minimum atomic E-state index is -4.79. The molecule has 1 aliphatic carbocycles. The number of hydrogen-bond acceptors (Lipinski definition) is 7. The van der Waals surface area contributed by atoms with Gasteiger partial charge in [-0.1, -0.05) is 34.4 Å². The van der Waals surface area contributed by atoms with Gasteiger partial charge in [0.25, 0.3) is 0 Å². The first-order valence-corrected chi connectivity index (χ1v) is 17.3. The Morgan fingerprint density at radius 3 is 2.44 bits per heavy atom. The van der Waals surface area contributed by atoms with E-state index in [4.69, 9.17) is 23.2 Å². The summed E-state index contributed by atoms with van der Waals surface area (Å²) in [4.78, 5) is 21.4. The molecular formula is C23H24Cl2N5O6PS2. The molecule has 1 unspecified atom stereocenters. The van der Waals surface area contributed by atoms with Crippen molar-refractivity contribution in [2.75, 3.05) is 40.1 Å². The lowest BCUT2D eigenvalue weighted by molar-refractivity contribution is 0.373. The van der Waals surface area contributed by atoms with Crippen LogP contribution in [-0.2, 0) is 25.8 Å². The van der Waals surface area contributed by atoms with Crippen LogP contribution < -0.4 is 9.21 Å². The fraction of sp³-hybridized carbons (Fsp3) is 0.304. The normalized spacial score (nSPS) is 19.2. The molecule has 0 spiro atoms. The number of fused-ring (bicyclic) bond motifs is 1. The molecule has 1 atom stereocenters. The van der Waals surface area contributed by atoms with Gasteiger partial charge in [0.1, 0.15) is 23.0 Å². The highest BCUT2D eigenvalue weighted by Gasteiger charge is 2.37. The molecule has 208 valence electrons. The summed E-state index contributed by atoms with van der Waals surface area (Å²) >= 11 is 11.3. The molecule has 1 aliphatic heterocycles. The number of hydrogen-bond donors (Lipinski definition) is 2. The SMILES string of the molecule is O=P(O)(O)CN(c1ccc2c(ccn2-c2ccc(N3CC[S+]([O-])CC3)nn2)c1)S(=O)(=O)C1C=C(Cl)C=C(Cl)C1. The van der Waals surface area contributed by atoms with E-state index in [2.05, 4.69) is 10.2 Å². The quantitative estimate of drug-likeness (QED) is 0.295. The highest BCUT2D eigenvalue weighted by molar-refractivity contribution is 7.94. The van der Waals surface area contributed by atoms with Crippen molar-refractivity contribution in [1.29, 1.82) is 0 Å². The van der Waals surface area contributed by atoms with Crippen LogP contribution >= 0.6 is 30.8 Å². The Morgan fingerprint density at radius 1 is 1.10 bits per heavy atom. The molecule has 11 nitrogen and oxygen atoms in total. The van der Waals surface area contributed by atoms with Gasteiger partial charge in [0, 0.05) is 28.1 Å². The number of aromatic nitrogens is 3. The number of allylic oxidation sites excluding steroid dienone is 3. The molecule has 0 saturated carbocycles. The summed E-state index contributed by atoms with van der Waals surface area (Å²) in [6.45, 7) is 1.30. The smallest absolute Gasteiger partial charge is 0.345 e. The van der Waals surface area contributed by atoms with Crippen molar-refractivity contribution >= 4 is 74.4 Å². The Morgan fingerprint density at radius 2 is 1.79 bits per heavy atom. The monoisotopic (exact) mass is 631 g/mol. The van der Waals surface area contributed by atoms with Gasteiger partial charge in [0.05, 0.1) is 24.3 Å². The first-order valence-electron chi connectivity index (χ1n) is 11.8. The summed E-state index contributed by atoms with van der Waals surface area (Å²) in [6, 6.07) is 10.1. The lowest BCUT2D eigenvalue weighted by atomic mass is 10.2. The second kappa shape index (κ2) is 11.1. The first-order chi connectivity index (χ1) is 18.4. The Labute approximate surface area is 238 Å². The average molecular weight is 632 g/mol.